The van der Waals surface area contributed by atoms with Crippen LogP contribution in [0, 0.1) is 5.92 Å². The van der Waals surface area contributed by atoms with Gasteiger partial charge in [-0.15, -0.1) is 0 Å². The van der Waals surface area contributed by atoms with Gasteiger partial charge in [-0.3, -0.25) is 4.79 Å². The first-order valence-electron chi connectivity index (χ1n) is 6.95. The lowest BCUT2D eigenvalue weighted by molar-refractivity contribution is -0.153. The molecule has 0 aliphatic heterocycles. The van der Waals surface area contributed by atoms with Crippen LogP contribution in [0.25, 0.3) is 0 Å². The first kappa shape index (κ1) is 16.4. The van der Waals surface area contributed by atoms with Crippen LogP contribution in [0.4, 0.5) is 0 Å². The van der Waals surface area contributed by atoms with E-state index in [1.54, 1.807) is 0 Å². The highest BCUT2D eigenvalue weighted by Gasteiger charge is 2.26. The molecule has 5 nitrogen and oxygen atoms in total. The van der Waals surface area contributed by atoms with Gasteiger partial charge in [0.05, 0.1) is 5.75 Å². The lowest BCUT2D eigenvalue weighted by Crippen LogP contribution is -2.37. The van der Waals surface area contributed by atoms with Crippen LogP contribution < -0.4 is 5.73 Å². The molecule has 0 bridgehead atoms. The van der Waals surface area contributed by atoms with Gasteiger partial charge >= 0.3 is 5.97 Å². The maximum absolute atomic E-state index is 11.8. The summed E-state index contributed by atoms with van der Waals surface area (Å²) in [5.41, 5.74) is 5.67. The topological polar surface area (TPSA) is 86.5 Å². The minimum atomic E-state index is -3.09. The SMILES string of the molecule is CCC1CCCC(OC(=O)C(N)CCS(C)(=O)=O)C1. The van der Waals surface area contributed by atoms with Crippen LogP contribution in [0.15, 0.2) is 0 Å². The molecule has 1 fully saturated rings. The van der Waals surface area contributed by atoms with Crippen LogP contribution in [0.1, 0.15) is 45.4 Å². The zero-order chi connectivity index (χ0) is 14.5. The summed E-state index contributed by atoms with van der Waals surface area (Å²) in [5, 5.41) is 0. The van der Waals surface area contributed by atoms with Crippen LogP contribution in [0.5, 0.6) is 0 Å². The number of rotatable bonds is 6. The van der Waals surface area contributed by atoms with E-state index in [-0.39, 0.29) is 18.3 Å². The molecule has 1 aliphatic carbocycles. The second-order valence-corrected chi connectivity index (χ2v) is 7.78. The van der Waals surface area contributed by atoms with Gasteiger partial charge in [0, 0.05) is 6.26 Å². The first-order valence-corrected chi connectivity index (χ1v) is 9.01. The van der Waals surface area contributed by atoms with Gasteiger partial charge in [0.25, 0.3) is 0 Å². The van der Waals surface area contributed by atoms with Crippen molar-refractivity contribution >= 4 is 15.8 Å². The Labute approximate surface area is 115 Å². The Morgan fingerprint density at radius 1 is 1.42 bits per heavy atom. The fraction of sp³-hybridized carbons (Fsp3) is 0.923. The third-order valence-electron chi connectivity index (χ3n) is 3.70. The predicted molar refractivity (Wildman–Crippen MR) is 74.4 cm³/mol. The Balaban J connectivity index is 2.37. The van der Waals surface area contributed by atoms with Crippen LogP contribution in [0.3, 0.4) is 0 Å². The molecule has 0 saturated heterocycles. The highest BCUT2D eigenvalue weighted by atomic mass is 32.2. The van der Waals surface area contributed by atoms with Crippen LogP contribution in [-0.2, 0) is 19.4 Å². The van der Waals surface area contributed by atoms with E-state index in [1.165, 1.54) is 6.42 Å². The fourth-order valence-electron chi connectivity index (χ4n) is 2.43. The predicted octanol–water partition coefficient (Wildman–Crippen LogP) is 1.26. The third kappa shape index (κ3) is 6.38. The van der Waals surface area contributed by atoms with E-state index < -0.39 is 21.8 Å². The highest BCUT2D eigenvalue weighted by molar-refractivity contribution is 7.90. The van der Waals surface area contributed by atoms with Crippen molar-refractivity contribution in [3.8, 4) is 0 Å². The molecule has 0 spiro atoms. The molecule has 112 valence electrons. The summed E-state index contributed by atoms with van der Waals surface area (Å²) >= 11 is 0. The van der Waals surface area contributed by atoms with Crippen molar-refractivity contribution in [1.82, 2.24) is 0 Å². The standard InChI is InChI=1S/C13H25NO4S/c1-3-10-5-4-6-11(9-10)18-13(15)12(14)7-8-19(2,16)17/h10-12H,3-9,14H2,1-2H3. The number of sulfone groups is 1. The molecule has 0 amide bonds. The number of carbonyl (C=O) groups is 1. The van der Waals surface area contributed by atoms with Gasteiger partial charge in [-0.25, -0.2) is 8.42 Å². The second-order valence-electron chi connectivity index (χ2n) is 5.52. The van der Waals surface area contributed by atoms with Gasteiger partial charge in [-0.2, -0.15) is 0 Å². The van der Waals surface area contributed by atoms with Crippen molar-refractivity contribution in [3.63, 3.8) is 0 Å². The minimum Gasteiger partial charge on any atom is -0.461 e. The quantitative estimate of drug-likeness (QED) is 0.744. The third-order valence-corrected chi connectivity index (χ3v) is 4.67. The molecule has 0 aromatic heterocycles. The van der Waals surface area contributed by atoms with Gasteiger partial charge in [0.15, 0.2) is 0 Å². The molecule has 1 aliphatic rings. The van der Waals surface area contributed by atoms with E-state index in [4.69, 9.17) is 10.5 Å². The molecule has 2 N–H and O–H groups in total. The molecule has 0 radical (unpaired) electrons. The molecular formula is C13H25NO4S. The maximum Gasteiger partial charge on any atom is 0.323 e. The molecule has 0 heterocycles. The maximum atomic E-state index is 11.8. The summed E-state index contributed by atoms with van der Waals surface area (Å²) in [7, 11) is -3.09. The van der Waals surface area contributed by atoms with Crippen LogP contribution >= 0.6 is 0 Å². The molecule has 1 saturated carbocycles. The zero-order valence-corrected chi connectivity index (χ0v) is 12.6. The van der Waals surface area contributed by atoms with Gasteiger partial charge in [-0.1, -0.05) is 19.8 Å². The number of esters is 1. The average molecular weight is 291 g/mol. The van der Waals surface area contributed by atoms with Crippen molar-refractivity contribution in [2.75, 3.05) is 12.0 Å². The summed E-state index contributed by atoms with van der Waals surface area (Å²) in [4.78, 5) is 11.8. The molecule has 1 rings (SSSR count). The van der Waals surface area contributed by atoms with Crippen molar-refractivity contribution < 1.29 is 17.9 Å². The van der Waals surface area contributed by atoms with E-state index in [0.717, 1.165) is 31.9 Å². The molecule has 3 unspecified atom stereocenters. The van der Waals surface area contributed by atoms with Crippen molar-refractivity contribution in [2.45, 2.75) is 57.6 Å². The van der Waals surface area contributed by atoms with E-state index in [2.05, 4.69) is 6.92 Å². The molecule has 3 atom stereocenters. The summed E-state index contributed by atoms with van der Waals surface area (Å²) in [5.74, 6) is 0.0788. The van der Waals surface area contributed by atoms with E-state index in [0.29, 0.717) is 5.92 Å². The van der Waals surface area contributed by atoms with E-state index in [9.17, 15) is 13.2 Å². The molecule has 6 heteroatoms. The lowest BCUT2D eigenvalue weighted by atomic mass is 9.85. The van der Waals surface area contributed by atoms with E-state index in [1.807, 2.05) is 0 Å². The fourth-order valence-corrected chi connectivity index (χ4v) is 3.11. The Morgan fingerprint density at radius 2 is 2.11 bits per heavy atom. The summed E-state index contributed by atoms with van der Waals surface area (Å²) in [6.07, 6.45) is 6.39. The molecule has 0 aromatic rings. The lowest BCUT2D eigenvalue weighted by Gasteiger charge is -2.28. The first-order chi connectivity index (χ1) is 8.81. The normalized spacial score (nSPS) is 25.8. The number of nitrogens with two attached hydrogens (primary N) is 1. The zero-order valence-electron chi connectivity index (χ0n) is 11.8. The number of hydrogen-bond donors (Lipinski definition) is 1. The average Bonchev–Trinajstić information content (AvgIpc) is 2.35. The number of ether oxygens (including phenoxy) is 1. The van der Waals surface area contributed by atoms with Gasteiger partial charge in [0.1, 0.15) is 22.0 Å². The Bertz CT molecular complexity index is 393. The summed E-state index contributed by atoms with van der Waals surface area (Å²) in [6.45, 7) is 2.15. The van der Waals surface area contributed by atoms with Crippen LogP contribution in [-0.4, -0.2) is 38.5 Å². The van der Waals surface area contributed by atoms with Crippen molar-refractivity contribution in [1.29, 1.82) is 0 Å². The highest BCUT2D eigenvalue weighted by Crippen LogP contribution is 2.28. The van der Waals surface area contributed by atoms with Crippen LogP contribution in [0.2, 0.25) is 0 Å². The molecular weight excluding hydrogens is 266 g/mol. The monoisotopic (exact) mass is 291 g/mol. The Kier molecular flexibility index (Phi) is 6.26. The van der Waals surface area contributed by atoms with Crippen molar-refractivity contribution in [3.05, 3.63) is 0 Å². The summed E-state index contributed by atoms with van der Waals surface area (Å²) in [6, 6.07) is -0.836. The van der Waals surface area contributed by atoms with E-state index >= 15 is 0 Å². The van der Waals surface area contributed by atoms with Gasteiger partial charge in [0.2, 0.25) is 0 Å². The molecule has 0 aromatic carbocycles. The van der Waals surface area contributed by atoms with Gasteiger partial charge < -0.3 is 10.5 Å². The second kappa shape index (κ2) is 7.24. The van der Waals surface area contributed by atoms with Gasteiger partial charge in [-0.05, 0) is 31.6 Å². The van der Waals surface area contributed by atoms with Crippen molar-refractivity contribution in [2.24, 2.45) is 11.7 Å². The number of hydrogen-bond acceptors (Lipinski definition) is 5. The minimum absolute atomic E-state index is 0.0458. The smallest absolute Gasteiger partial charge is 0.323 e. The molecule has 19 heavy (non-hydrogen) atoms. The Morgan fingerprint density at radius 3 is 2.68 bits per heavy atom. The summed E-state index contributed by atoms with van der Waals surface area (Å²) < 4.78 is 27.4. The number of carbonyl (C=O) groups excluding carboxylic acids is 1. The largest absolute Gasteiger partial charge is 0.461 e. The Hall–Kier alpha value is -0.620.